The Balaban J connectivity index is 2.81. The van der Waals surface area contributed by atoms with Crippen molar-refractivity contribution < 1.29 is 14.6 Å². The maximum Gasteiger partial charge on any atom is 0.258 e. The van der Waals surface area contributed by atoms with Gasteiger partial charge in [-0.25, -0.2) is 0 Å². The zero-order valence-corrected chi connectivity index (χ0v) is 12.8. The van der Waals surface area contributed by atoms with Crippen molar-refractivity contribution in [2.75, 3.05) is 19.8 Å². The molecule has 1 rings (SSSR count). The fraction of sp³-hybridized carbons (Fsp3) is 0.562. The Labute approximate surface area is 121 Å². The minimum atomic E-state index is -0.224. The maximum atomic E-state index is 11.5. The number of hydrogen-bond donors (Lipinski definition) is 2. The van der Waals surface area contributed by atoms with Crippen molar-refractivity contribution in [3.05, 3.63) is 29.3 Å². The van der Waals surface area contributed by atoms with Gasteiger partial charge in [-0.1, -0.05) is 39.8 Å². The van der Waals surface area contributed by atoms with Crippen LogP contribution in [0.4, 0.5) is 0 Å². The molecule has 0 heterocycles. The van der Waals surface area contributed by atoms with Gasteiger partial charge in [0.15, 0.2) is 6.61 Å². The van der Waals surface area contributed by atoms with Crippen LogP contribution in [0.3, 0.4) is 0 Å². The largest absolute Gasteiger partial charge is 0.483 e. The summed E-state index contributed by atoms with van der Waals surface area (Å²) in [5.41, 5.74) is 2.32. The first-order chi connectivity index (χ1) is 9.38. The smallest absolute Gasteiger partial charge is 0.258 e. The van der Waals surface area contributed by atoms with Crippen molar-refractivity contribution in [3.8, 4) is 5.75 Å². The van der Waals surface area contributed by atoms with Crippen molar-refractivity contribution in [1.29, 1.82) is 0 Å². The molecule has 4 heteroatoms. The van der Waals surface area contributed by atoms with Crippen LogP contribution in [0.5, 0.6) is 5.75 Å². The topological polar surface area (TPSA) is 58.6 Å². The van der Waals surface area contributed by atoms with Gasteiger partial charge in [-0.2, -0.15) is 0 Å². The van der Waals surface area contributed by atoms with Crippen molar-refractivity contribution in [2.24, 2.45) is 0 Å². The lowest BCUT2D eigenvalue weighted by atomic mass is 9.85. The van der Waals surface area contributed by atoms with Gasteiger partial charge in [0.1, 0.15) is 5.75 Å². The van der Waals surface area contributed by atoms with E-state index in [-0.39, 0.29) is 31.1 Å². The molecule has 0 saturated carbocycles. The molecular weight excluding hydrogens is 254 g/mol. The zero-order valence-electron chi connectivity index (χ0n) is 12.8. The van der Waals surface area contributed by atoms with Crippen LogP contribution in [-0.4, -0.2) is 30.8 Å². The third-order valence-electron chi connectivity index (χ3n) is 3.05. The standard InChI is InChI=1S/C16H25NO3/c1-5-12-6-7-14(13(10-12)16(2,3)4)20-11-15(19)17-8-9-18/h6-7,10,18H,5,8-9,11H2,1-4H3,(H,17,19). The van der Waals surface area contributed by atoms with Crippen molar-refractivity contribution in [2.45, 2.75) is 39.5 Å². The second-order valence-electron chi connectivity index (χ2n) is 5.80. The summed E-state index contributed by atoms with van der Waals surface area (Å²) in [6.45, 7) is 8.65. The number of nitrogens with one attached hydrogen (secondary N) is 1. The monoisotopic (exact) mass is 279 g/mol. The fourth-order valence-corrected chi connectivity index (χ4v) is 1.90. The van der Waals surface area contributed by atoms with Gasteiger partial charge in [-0.3, -0.25) is 4.79 Å². The number of carbonyl (C=O) groups excluding carboxylic acids is 1. The molecule has 0 unspecified atom stereocenters. The molecule has 1 amide bonds. The Morgan fingerprint density at radius 1 is 1.35 bits per heavy atom. The summed E-state index contributed by atoms with van der Waals surface area (Å²) in [7, 11) is 0. The Hall–Kier alpha value is -1.55. The van der Waals surface area contributed by atoms with E-state index in [0.717, 1.165) is 17.7 Å². The Bertz CT molecular complexity index is 450. The lowest BCUT2D eigenvalue weighted by molar-refractivity contribution is -0.123. The summed E-state index contributed by atoms with van der Waals surface area (Å²) in [5.74, 6) is 0.521. The average Bonchev–Trinajstić information content (AvgIpc) is 2.41. The van der Waals surface area contributed by atoms with Gasteiger partial charge < -0.3 is 15.2 Å². The highest BCUT2D eigenvalue weighted by Gasteiger charge is 2.19. The average molecular weight is 279 g/mol. The van der Waals surface area contributed by atoms with Crippen molar-refractivity contribution >= 4 is 5.91 Å². The molecule has 0 aliphatic heterocycles. The highest BCUT2D eigenvalue weighted by molar-refractivity contribution is 5.77. The molecule has 0 atom stereocenters. The van der Waals surface area contributed by atoms with E-state index in [4.69, 9.17) is 9.84 Å². The van der Waals surface area contributed by atoms with Gasteiger partial charge in [-0.05, 0) is 29.0 Å². The molecule has 0 spiro atoms. The molecule has 0 saturated heterocycles. The molecule has 0 fully saturated rings. The van der Waals surface area contributed by atoms with Crippen LogP contribution in [0.15, 0.2) is 18.2 Å². The normalized spacial score (nSPS) is 11.2. The number of rotatable bonds is 6. The van der Waals surface area contributed by atoms with E-state index in [0.29, 0.717) is 0 Å². The summed E-state index contributed by atoms with van der Waals surface area (Å²) >= 11 is 0. The molecule has 1 aromatic carbocycles. The van der Waals surface area contributed by atoms with E-state index in [9.17, 15) is 4.79 Å². The van der Waals surface area contributed by atoms with Gasteiger partial charge in [0, 0.05) is 6.54 Å². The zero-order chi connectivity index (χ0) is 15.2. The number of amides is 1. The molecule has 0 aromatic heterocycles. The van der Waals surface area contributed by atoms with Gasteiger partial charge in [0.05, 0.1) is 6.61 Å². The van der Waals surface area contributed by atoms with E-state index in [1.807, 2.05) is 12.1 Å². The lowest BCUT2D eigenvalue weighted by Crippen LogP contribution is -2.31. The molecule has 1 aromatic rings. The second kappa shape index (κ2) is 7.29. The van der Waals surface area contributed by atoms with Crippen LogP contribution in [-0.2, 0) is 16.6 Å². The molecule has 0 aliphatic carbocycles. The van der Waals surface area contributed by atoms with Gasteiger partial charge >= 0.3 is 0 Å². The first-order valence-electron chi connectivity index (χ1n) is 7.02. The molecule has 0 bridgehead atoms. The van der Waals surface area contributed by atoms with Crippen LogP contribution in [0.2, 0.25) is 0 Å². The quantitative estimate of drug-likeness (QED) is 0.837. The van der Waals surface area contributed by atoms with E-state index in [1.165, 1.54) is 5.56 Å². The Kier molecular flexibility index (Phi) is 6.02. The predicted molar refractivity (Wildman–Crippen MR) is 80.1 cm³/mol. The molecule has 20 heavy (non-hydrogen) atoms. The van der Waals surface area contributed by atoms with Crippen LogP contribution < -0.4 is 10.1 Å². The minimum Gasteiger partial charge on any atom is -0.483 e. The minimum absolute atomic E-state index is 0.0332. The molecule has 0 aliphatic rings. The first-order valence-corrected chi connectivity index (χ1v) is 7.02. The summed E-state index contributed by atoms with van der Waals surface area (Å²) in [4.78, 5) is 11.5. The summed E-state index contributed by atoms with van der Waals surface area (Å²) < 4.78 is 5.63. The number of carbonyl (C=O) groups is 1. The van der Waals surface area contributed by atoms with E-state index in [2.05, 4.69) is 39.1 Å². The van der Waals surface area contributed by atoms with Crippen LogP contribution in [0.1, 0.15) is 38.8 Å². The number of aliphatic hydroxyl groups excluding tert-OH is 1. The third kappa shape index (κ3) is 4.85. The van der Waals surface area contributed by atoms with Crippen molar-refractivity contribution in [1.82, 2.24) is 5.32 Å². The van der Waals surface area contributed by atoms with Gasteiger partial charge in [0.25, 0.3) is 5.91 Å². The molecule has 4 nitrogen and oxygen atoms in total. The van der Waals surface area contributed by atoms with Crippen LogP contribution in [0, 0.1) is 0 Å². The number of aryl methyl sites for hydroxylation is 1. The first kappa shape index (κ1) is 16.5. The molecule has 112 valence electrons. The molecule has 2 N–H and O–H groups in total. The van der Waals surface area contributed by atoms with Crippen molar-refractivity contribution in [3.63, 3.8) is 0 Å². The van der Waals surface area contributed by atoms with E-state index >= 15 is 0 Å². The number of ether oxygens (including phenoxy) is 1. The van der Waals surface area contributed by atoms with Crippen LogP contribution >= 0.6 is 0 Å². The van der Waals surface area contributed by atoms with Crippen LogP contribution in [0.25, 0.3) is 0 Å². The van der Waals surface area contributed by atoms with E-state index < -0.39 is 0 Å². The Morgan fingerprint density at radius 3 is 2.60 bits per heavy atom. The maximum absolute atomic E-state index is 11.5. The second-order valence-corrected chi connectivity index (χ2v) is 5.80. The summed E-state index contributed by atoms with van der Waals surface area (Å²) in [5, 5.41) is 11.2. The molecular formula is C16H25NO3. The fourth-order valence-electron chi connectivity index (χ4n) is 1.90. The number of hydrogen-bond acceptors (Lipinski definition) is 3. The Morgan fingerprint density at radius 2 is 2.05 bits per heavy atom. The lowest BCUT2D eigenvalue weighted by Gasteiger charge is -2.23. The molecule has 0 radical (unpaired) electrons. The SMILES string of the molecule is CCc1ccc(OCC(=O)NCCO)c(C(C)(C)C)c1. The summed E-state index contributed by atoms with van der Waals surface area (Å²) in [6, 6.07) is 6.09. The number of benzene rings is 1. The van der Waals surface area contributed by atoms with Gasteiger partial charge in [0.2, 0.25) is 0 Å². The third-order valence-corrected chi connectivity index (χ3v) is 3.05. The van der Waals surface area contributed by atoms with E-state index in [1.54, 1.807) is 0 Å². The highest BCUT2D eigenvalue weighted by Crippen LogP contribution is 2.32. The highest BCUT2D eigenvalue weighted by atomic mass is 16.5. The van der Waals surface area contributed by atoms with Gasteiger partial charge in [-0.15, -0.1) is 0 Å². The predicted octanol–water partition coefficient (Wildman–Crippen LogP) is 2.03. The number of aliphatic hydroxyl groups is 1. The summed E-state index contributed by atoms with van der Waals surface area (Å²) in [6.07, 6.45) is 0.973.